The minimum absolute atomic E-state index is 0.00558. The number of likely N-dealkylation sites (tertiary alicyclic amines) is 1. The van der Waals surface area contributed by atoms with Crippen LogP contribution in [0, 0.1) is 0 Å². The van der Waals surface area contributed by atoms with Gasteiger partial charge in [0.1, 0.15) is 5.60 Å². The Morgan fingerprint density at radius 2 is 1.88 bits per heavy atom. The number of hydrogen-bond donors (Lipinski definition) is 0. The maximum Gasteiger partial charge on any atom is 0.410 e. The van der Waals surface area contributed by atoms with Gasteiger partial charge in [-0.2, -0.15) is 0 Å². The Morgan fingerprint density at radius 3 is 2.40 bits per heavy atom. The van der Waals surface area contributed by atoms with Gasteiger partial charge in [-0.15, -0.1) is 0 Å². The van der Waals surface area contributed by atoms with E-state index in [-0.39, 0.29) is 17.6 Å². The minimum Gasteiger partial charge on any atom is -0.444 e. The SMILES string of the molecule is C=C1CCCN(C(=O)OC(C)(C)C)C1C1(c2ccc(Cl)cc2)CCC1. The van der Waals surface area contributed by atoms with Gasteiger partial charge in [-0.1, -0.05) is 42.3 Å². The Hall–Kier alpha value is -1.48. The number of hydrogen-bond acceptors (Lipinski definition) is 2. The predicted molar refractivity (Wildman–Crippen MR) is 102 cm³/mol. The summed E-state index contributed by atoms with van der Waals surface area (Å²) in [5, 5.41) is 0.740. The van der Waals surface area contributed by atoms with Crippen LogP contribution in [0.5, 0.6) is 0 Å². The number of carbonyl (C=O) groups excluding carboxylic acids is 1. The van der Waals surface area contributed by atoms with Gasteiger partial charge in [-0.25, -0.2) is 4.79 Å². The average molecular weight is 362 g/mol. The Bertz CT molecular complexity index is 655. The van der Waals surface area contributed by atoms with Crippen LogP contribution in [0.1, 0.15) is 58.4 Å². The van der Waals surface area contributed by atoms with E-state index in [1.54, 1.807) is 0 Å². The summed E-state index contributed by atoms with van der Waals surface area (Å²) < 4.78 is 5.70. The third kappa shape index (κ3) is 3.57. The third-order valence-corrected chi connectivity index (χ3v) is 5.66. The van der Waals surface area contributed by atoms with Crippen molar-refractivity contribution in [1.82, 2.24) is 4.90 Å². The normalized spacial score (nSPS) is 23.1. The number of benzene rings is 1. The molecule has 0 N–H and O–H groups in total. The molecular formula is C21H28ClNO2. The number of piperidine rings is 1. The molecule has 2 aliphatic rings. The smallest absolute Gasteiger partial charge is 0.410 e. The molecule has 1 heterocycles. The molecule has 2 fully saturated rings. The fourth-order valence-corrected chi connectivity index (χ4v) is 4.35. The van der Waals surface area contributed by atoms with E-state index >= 15 is 0 Å². The van der Waals surface area contributed by atoms with Crippen LogP contribution in [-0.2, 0) is 10.2 Å². The molecule has 0 bridgehead atoms. The Balaban J connectivity index is 1.95. The summed E-state index contributed by atoms with van der Waals surface area (Å²) in [6, 6.07) is 8.11. The molecule has 1 aromatic rings. The van der Waals surface area contributed by atoms with Crippen molar-refractivity contribution in [1.29, 1.82) is 0 Å². The molecule has 1 saturated carbocycles. The quantitative estimate of drug-likeness (QED) is 0.630. The van der Waals surface area contributed by atoms with Crippen molar-refractivity contribution < 1.29 is 9.53 Å². The zero-order chi connectivity index (χ0) is 18.2. The second-order valence-corrected chi connectivity index (χ2v) is 8.79. The molecule has 1 aliphatic carbocycles. The van der Waals surface area contributed by atoms with E-state index in [0.717, 1.165) is 42.8 Å². The van der Waals surface area contributed by atoms with Crippen molar-refractivity contribution in [2.75, 3.05) is 6.54 Å². The molecule has 3 rings (SSSR count). The number of carbonyl (C=O) groups is 1. The summed E-state index contributed by atoms with van der Waals surface area (Å²) >= 11 is 6.09. The predicted octanol–water partition coefficient (Wildman–Crippen LogP) is 5.72. The van der Waals surface area contributed by atoms with Crippen molar-refractivity contribution in [3.63, 3.8) is 0 Å². The largest absolute Gasteiger partial charge is 0.444 e. The minimum atomic E-state index is -0.493. The highest BCUT2D eigenvalue weighted by atomic mass is 35.5. The summed E-state index contributed by atoms with van der Waals surface area (Å²) in [5.41, 5.74) is 1.85. The van der Waals surface area contributed by atoms with Crippen molar-refractivity contribution in [3.05, 3.63) is 47.0 Å². The van der Waals surface area contributed by atoms with Crippen LogP contribution in [0.25, 0.3) is 0 Å². The van der Waals surface area contributed by atoms with Crippen LogP contribution in [0.15, 0.2) is 36.4 Å². The summed E-state index contributed by atoms with van der Waals surface area (Å²) in [7, 11) is 0. The average Bonchev–Trinajstić information content (AvgIpc) is 2.47. The van der Waals surface area contributed by atoms with Gasteiger partial charge in [-0.3, -0.25) is 0 Å². The standard InChI is InChI=1S/C21H28ClNO2/c1-15-7-5-14-23(19(24)25-20(2,3)4)18(15)21(12-6-13-21)16-8-10-17(22)11-9-16/h8-11,18H,1,5-7,12-14H2,2-4H3. The highest BCUT2D eigenvalue weighted by Gasteiger charge is 2.51. The monoisotopic (exact) mass is 361 g/mol. The van der Waals surface area contributed by atoms with E-state index in [1.165, 1.54) is 12.0 Å². The first-order valence-corrected chi connectivity index (χ1v) is 9.54. The highest BCUT2D eigenvalue weighted by Crippen LogP contribution is 2.51. The second kappa shape index (κ2) is 6.68. The summed E-state index contributed by atoms with van der Waals surface area (Å²) in [6.07, 6.45) is 5.01. The number of nitrogens with zero attached hydrogens (tertiary/aromatic N) is 1. The van der Waals surface area contributed by atoms with Crippen molar-refractivity contribution in [3.8, 4) is 0 Å². The lowest BCUT2D eigenvalue weighted by atomic mass is 9.57. The van der Waals surface area contributed by atoms with E-state index in [9.17, 15) is 4.79 Å². The Labute approximate surface area is 156 Å². The van der Waals surface area contributed by atoms with Crippen LogP contribution >= 0.6 is 11.6 Å². The van der Waals surface area contributed by atoms with Crippen LogP contribution in [0.3, 0.4) is 0 Å². The van der Waals surface area contributed by atoms with Crippen LogP contribution in [0.2, 0.25) is 5.02 Å². The van der Waals surface area contributed by atoms with E-state index in [2.05, 4.69) is 18.7 Å². The fourth-order valence-electron chi connectivity index (χ4n) is 4.23. The number of halogens is 1. The topological polar surface area (TPSA) is 29.5 Å². The molecule has 4 heteroatoms. The summed E-state index contributed by atoms with van der Waals surface area (Å²) in [5.74, 6) is 0. The maximum absolute atomic E-state index is 12.9. The Kier molecular flexibility index (Phi) is 4.89. The van der Waals surface area contributed by atoms with Crippen molar-refractivity contribution >= 4 is 17.7 Å². The van der Waals surface area contributed by atoms with Gasteiger partial charge in [0.2, 0.25) is 0 Å². The van der Waals surface area contributed by atoms with Gasteiger partial charge in [0.05, 0.1) is 6.04 Å². The van der Waals surface area contributed by atoms with E-state index < -0.39 is 5.60 Å². The van der Waals surface area contributed by atoms with Gasteiger partial charge in [0.15, 0.2) is 0 Å². The van der Waals surface area contributed by atoms with E-state index in [1.807, 2.05) is 37.8 Å². The first-order chi connectivity index (χ1) is 11.7. The third-order valence-electron chi connectivity index (χ3n) is 5.41. The maximum atomic E-state index is 12.9. The zero-order valence-electron chi connectivity index (χ0n) is 15.5. The molecule has 1 aromatic carbocycles. The van der Waals surface area contributed by atoms with Gasteiger partial charge in [-0.05, 0) is 64.2 Å². The molecule has 1 amide bonds. The summed E-state index contributed by atoms with van der Waals surface area (Å²) in [6.45, 7) is 10.8. The van der Waals surface area contributed by atoms with Crippen LogP contribution in [-0.4, -0.2) is 29.2 Å². The van der Waals surface area contributed by atoms with Gasteiger partial charge >= 0.3 is 6.09 Å². The van der Waals surface area contributed by atoms with Crippen LogP contribution in [0.4, 0.5) is 4.79 Å². The molecule has 136 valence electrons. The summed E-state index contributed by atoms with van der Waals surface area (Å²) in [4.78, 5) is 14.8. The lowest BCUT2D eigenvalue weighted by Crippen LogP contribution is -2.59. The number of amides is 1. The molecule has 1 atom stereocenters. The zero-order valence-corrected chi connectivity index (χ0v) is 16.2. The molecular weight excluding hydrogens is 334 g/mol. The molecule has 0 spiro atoms. The molecule has 0 aromatic heterocycles. The van der Waals surface area contributed by atoms with E-state index in [0.29, 0.717) is 0 Å². The van der Waals surface area contributed by atoms with Crippen molar-refractivity contribution in [2.45, 2.75) is 69.9 Å². The van der Waals surface area contributed by atoms with Crippen molar-refractivity contribution in [2.24, 2.45) is 0 Å². The second-order valence-electron chi connectivity index (χ2n) is 8.35. The first kappa shape index (κ1) is 18.3. The highest BCUT2D eigenvalue weighted by molar-refractivity contribution is 6.30. The molecule has 0 radical (unpaired) electrons. The molecule has 3 nitrogen and oxygen atoms in total. The molecule has 1 aliphatic heterocycles. The van der Waals surface area contributed by atoms with Crippen LogP contribution < -0.4 is 0 Å². The lowest BCUT2D eigenvalue weighted by Gasteiger charge is -2.54. The molecule has 1 saturated heterocycles. The first-order valence-electron chi connectivity index (χ1n) is 9.16. The molecule has 25 heavy (non-hydrogen) atoms. The van der Waals surface area contributed by atoms with Gasteiger partial charge in [0, 0.05) is 17.0 Å². The number of ether oxygens (including phenoxy) is 1. The number of rotatable bonds is 2. The van der Waals surface area contributed by atoms with Gasteiger partial charge in [0.25, 0.3) is 0 Å². The van der Waals surface area contributed by atoms with Gasteiger partial charge < -0.3 is 9.64 Å². The van der Waals surface area contributed by atoms with E-state index in [4.69, 9.17) is 16.3 Å². The Morgan fingerprint density at radius 1 is 1.24 bits per heavy atom. The molecule has 1 unspecified atom stereocenters. The lowest BCUT2D eigenvalue weighted by molar-refractivity contribution is -0.00275. The fraction of sp³-hybridized carbons (Fsp3) is 0.571.